The fourth-order valence-electron chi connectivity index (χ4n) is 2.17. The predicted molar refractivity (Wildman–Crippen MR) is 65.8 cm³/mol. The molecule has 1 atom stereocenters. The van der Waals surface area contributed by atoms with Crippen molar-refractivity contribution in [3.05, 3.63) is 34.1 Å². The van der Waals surface area contributed by atoms with Crippen molar-refractivity contribution in [3.8, 4) is 0 Å². The minimum atomic E-state index is -0.714. The first-order chi connectivity index (χ1) is 7.55. The number of halogens is 2. The van der Waals surface area contributed by atoms with E-state index in [1.807, 2.05) is 13.0 Å². The Morgan fingerprint density at radius 2 is 2.19 bits per heavy atom. The lowest BCUT2D eigenvalue weighted by Crippen LogP contribution is -2.33. The third kappa shape index (κ3) is 2.46. The van der Waals surface area contributed by atoms with Crippen molar-refractivity contribution in [2.75, 3.05) is 0 Å². The number of aliphatic hydroxyl groups is 1. The van der Waals surface area contributed by atoms with E-state index in [0.29, 0.717) is 24.3 Å². The molecule has 0 radical (unpaired) electrons. The summed E-state index contributed by atoms with van der Waals surface area (Å²) in [6, 6.07) is 5.03. The number of hydrogen-bond acceptors (Lipinski definition) is 1. The molecule has 1 unspecified atom stereocenters. The van der Waals surface area contributed by atoms with Crippen LogP contribution in [-0.2, 0) is 6.42 Å². The van der Waals surface area contributed by atoms with E-state index in [0.717, 1.165) is 17.3 Å². The molecule has 1 aliphatic carbocycles. The summed E-state index contributed by atoms with van der Waals surface area (Å²) >= 11 is 3.23. The predicted octanol–water partition coefficient (Wildman–Crippen LogP) is 3.68. The van der Waals surface area contributed by atoms with E-state index in [2.05, 4.69) is 15.9 Å². The van der Waals surface area contributed by atoms with Gasteiger partial charge in [-0.25, -0.2) is 4.39 Å². The quantitative estimate of drug-likeness (QED) is 0.895. The normalized spacial score (nSPS) is 19.5. The maximum Gasteiger partial charge on any atom is 0.127 e. The Labute approximate surface area is 104 Å². The number of rotatable bonds is 4. The average Bonchev–Trinajstić information content (AvgIpc) is 3.06. The van der Waals surface area contributed by atoms with Gasteiger partial charge in [-0.3, -0.25) is 0 Å². The SMILES string of the molecule is CCC(O)(Cc1ccc(Br)cc1F)C1CC1. The Hall–Kier alpha value is -0.410. The molecule has 1 nitrogen and oxygen atoms in total. The molecule has 0 spiro atoms. The summed E-state index contributed by atoms with van der Waals surface area (Å²) in [4.78, 5) is 0. The second-order valence-electron chi connectivity index (χ2n) is 4.64. The molecule has 0 amide bonds. The van der Waals surface area contributed by atoms with Gasteiger partial charge >= 0.3 is 0 Å². The minimum absolute atomic E-state index is 0.234. The summed E-state index contributed by atoms with van der Waals surface area (Å²) in [5, 5.41) is 10.4. The lowest BCUT2D eigenvalue weighted by molar-refractivity contribution is 0.0131. The van der Waals surface area contributed by atoms with Crippen LogP contribution in [0.4, 0.5) is 4.39 Å². The van der Waals surface area contributed by atoms with Gasteiger partial charge in [0.15, 0.2) is 0 Å². The van der Waals surface area contributed by atoms with Crippen LogP contribution < -0.4 is 0 Å². The standard InChI is InChI=1S/C13H16BrFO/c1-2-13(16,10-4-5-10)8-9-3-6-11(14)7-12(9)15/h3,6-7,10,16H,2,4-5,8H2,1H3. The zero-order chi connectivity index (χ0) is 11.8. The fraction of sp³-hybridized carbons (Fsp3) is 0.538. The summed E-state index contributed by atoms with van der Waals surface area (Å²) in [5.41, 5.74) is -0.103. The molecular formula is C13H16BrFO. The van der Waals surface area contributed by atoms with Gasteiger partial charge in [-0.2, -0.15) is 0 Å². The molecule has 2 rings (SSSR count). The van der Waals surface area contributed by atoms with Gasteiger partial charge < -0.3 is 5.11 Å². The maximum absolute atomic E-state index is 13.7. The molecule has 16 heavy (non-hydrogen) atoms. The molecule has 0 aromatic heterocycles. The first-order valence-electron chi connectivity index (χ1n) is 5.71. The lowest BCUT2D eigenvalue weighted by Gasteiger charge is -2.27. The molecule has 0 bridgehead atoms. The van der Waals surface area contributed by atoms with Gasteiger partial charge in [0.25, 0.3) is 0 Å². The summed E-state index contributed by atoms with van der Waals surface area (Å²) in [5.74, 6) is 0.127. The van der Waals surface area contributed by atoms with Crippen LogP contribution in [-0.4, -0.2) is 10.7 Å². The highest BCUT2D eigenvalue weighted by atomic mass is 79.9. The van der Waals surface area contributed by atoms with Gasteiger partial charge in [0.05, 0.1) is 5.60 Å². The van der Waals surface area contributed by atoms with Crippen LogP contribution in [0.5, 0.6) is 0 Å². The van der Waals surface area contributed by atoms with Crippen molar-refractivity contribution in [1.29, 1.82) is 0 Å². The second kappa shape index (κ2) is 4.46. The molecular weight excluding hydrogens is 271 g/mol. The average molecular weight is 287 g/mol. The van der Waals surface area contributed by atoms with E-state index in [1.54, 1.807) is 6.07 Å². The minimum Gasteiger partial charge on any atom is -0.389 e. The molecule has 3 heteroatoms. The van der Waals surface area contributed by atoms with E-state index in [1.165, 1.54) is 6.07 Å². The number of benzene rings is 1. The molecule has 1 aromatic carbocycles. The molecule has 88 valence electrons. The van der Waals surface area contributed by atoms with Crippen LogP contribution >= 0.6 is 15.9 Å². The molecule has 1 saturated carbocycles. The zero-order valence-corrected chi connectivity index (χ0v) is 10.9. The Morgan fingerprint density at radius 1 is 1.50 bits per heavy atom. The number of hydrogen-bond donors (Lipinski definition) is 1. The third-order valence-corrected chi connectivity index (χ3v) is 3.95. The van der Waals surface area contributed by atoms with Crippen LogP contribution in [0.15, 0.2) is 22.7 Å². The van der Waals surface area contributed by atoms with Gasteiger partial charge in [0, 0.05) is 10.9 Å². The van der Waals surface area contributed by atoms with Crippen molar-refractivity contribution < 1.29 is 9.50 Å². The first kappa shape index (κ1) is 12.1. The van der Waals surface area contributed by atoms with Gasteiger partial charge in [0.1, 0.15) is 5.82 Å². The molecule has 0 heterocycles. The lowest BCUT2D eigenvalue weighted by atomic mass is 9.87. The summed E-state index contributed by atoms with van der Waals surface area (Å²) in [7, 11) is 0. The Kier molecular flexibility index (Phi) is 3.36. The maximum atomic E-state index is 13.7. The molecule has 1 N–H and O–H groups in total. The Balaban J connectivity index is 2.18. The smallest absolute Gasteiger partial charge is 0.127 e. The molecule has 1 fully saturated rings. The van der Waals surface area contributed by atoms with Crippen LogP contribution in [0.25, 0.3) is 0 Å². The van der Waals surface area contributed by atoms with Crippen molar-refractivity contribution in [2.45, 2.75) is 38.2 Å². The summed E-state index contributed by atoms with van der Waals surface area (Å²) in [6.07, 6.45) is 3.26. The van der Waals surface area contributed by atoms with E-state index >= 15 is 0 Å². The zero-order valence-electron chi connectivity index (χ0n) is 9.34. The van der Waals surface area contributed by atoms with Crippen molar-refractivity contribution in [1.82, 2.24) is 0 Å². The first-order valence-corrected chi connectivity index (χ1v) is 6.51. The Bertz CT molecular complexity index is 390. The van der Waals surface area contributed by atoms with Gasteiger partial charge in [-0.05, 0) is 42.9 Å². The molecule has 1 aliphatic rings. The monoisotopic (exact) mass is 286 g/mol. The van der Waals surface area contributed by atoms with E-state index in [-0.39, 0.29) is 5.82 Å². The molecule has 1 aromatic rings. The summed E-state index contributed by atoms with van der Waals surface area (Å²) < 4.78 is 14.4. The van der Waals surface area contributed by atoms with Crippen LogP contribution in [0.3, 0.4) is 0 Å². The fourth-order valence-corrected chi connectivity index (χ4v) is 2.51. The highest BCUT2D eigenvalue weighted by Crippen LogP contribution is 2.43. The van der Waals surface area contributed by atoms with E-state index < -0.39 is 5.60 Å². The topological polar surface area (TPSA) is 20.2 Å². The van der Waals surface area contributed by atoms with Crippen molar-refractivity contribution >= 4 is 15.9 Å². The highest BCUT2D eigenvalue weighted by Gasteiger charge is 2.42. The van der Waals surface area contributed by atoms with Crippen LogP contribution in [0.1, 0.15) is 31.7 Å². The van der Waals surface area contributed by atoms with Gasteiger partial charge in [-0.1, -0.05) is 28.9 Å². The van der Waals surface area contributed by atoms with E-state index in [4.69, 9.17) is 0 Å². The Morgan fingerprint density at radius 3 is 2.69 bits per heavy atom. The van der Waals surface area contributed by atoms with E-state index in [9.17, 15) is 9.50 Å². The van der Waals surface area contributed by atoms with Gasteiger partial charge in [0.2, 0.25) is 0 Å². The second-order valence-corrected chi connectivity index (χ2v) is 5.56. The van der Waals surface area contributed by atoms with Crippen LogP contribution in [0, 0.1) is 11.7 Å². The largest absolute Gasteiger partial charge is 0.389 e. The molecule has 0 saturated heterocycles. The van der Waals surface area contributed by atoms with Crippen molar-refractivity contribution in [2.24, 2.45) is 5.92 Å². The van der Waals surface area contributed by atoms with Gasteiger partial charge in [-0.15, -0.1) is 0 Å². The van der Waals surface area contributed by atoms with Crippen LogP contribution in [0.2, 0.25) is 0 Å². The molecule has 0 aliphatic heterocycles. The third-order valence-electron chi connectivity index (χ3n) is 3.46. The van der Waals surface area contributed by atoms with Crippen molar-refractivity contribution in [3.63, 3.8) is 0 Å². The highest BCUT2D eigenvalue weighted by molar-refractivity contribution is 9.10. The summed E-state index contributed by atoms with van der Waals surface area (Å²) in [6.45, 7) is 1.97.